The molecule has 5 rings (SSSR count). The number of halogens is 1. The normalized spacial score (nSPS) is 16.1. The van der Waals surface area contributed by atoms with Crippen molar-refractivity contribution < 1.29 is 18.7 Å². The summed E-state index contributed by atoms with van der Waals surface area (Å²) in [7, 11) is 0. The van der Waals surface area contributed by atoms with Gasteiger partial charge in [0.05, 0.1) is 12.6 Å². The van der Waals surface area contributed by atoms with Crippen LogP contribution in [0, 0.1) is 5.82 Å². The maximum absolute atomic E-state index is 13.8. The third-order valence-electron chi connectivity index (χ3n) is 6.56. The topological polar surface area (TPSA) is 45.8 Å². The average molecular weight is 472 g/mol. The molecule has 4 aromatic rings. The zero-order valence-electron chi connectivity index (χ0n) is 19.6. The van der Waals surface area contributed by atoms with Crippen LogP contribution in [0.2, 0.25) is 0 Å². The van der Waals surface area contributed by atoms with Crippen molar-refractivity contribution in [3.63, 3.8) is 0 Å². The number of aliphatic hydroxyl groups is 1. The highest BCUT2D eigenvalue weighted by atomic mass is 19.1. The summed E-state index contributed by atoms with van der Waals surface area (Å²) in [5, 5.41) is 12.0. The van der Waals surface area contributed by atoms with Gasteiger partial charge in [-0.3, -0.25) is 4.90 Å². The molecule has 1 fully saturated rings. The molecule has 180 valence electrons. The molecule has 0 unspecified atom stereocenters. The molecule has 5 heteroatoms. The molecule has 35 heavy (non-hydrogen) atoms. The third kappa shape index (κ3) is 5.38. The van der Waals surface area contributed by atoms with Crippen LogP contribution in [0.4, 0.5) is 4.39 Å². The monoisotopic (exact) mass is 471 g/mol. The molecule has 4 nitrogen and oxygen atoms in total. The molecule has 3 aromatic carbocycles. The number of rotatable bonds is 9. The second kappa shape index (κ2) is 10.6. The van der Waals surface area contributed by atoms with Gasteiger partial charge in [0.1, 0.15) is 17.3 Å². The Labute approximate surface area is 205 Å². The third-order valence-corrected chi connectivity index (χ3v) is 6.56. The van der Waals surface area contributed by atoms with Crippen molar-refractivity contribution in [3.05, 3.63) is 131 Å². The van der Waals surface area contributed by atoms with Gasteiger partial charge in [-0.2, -0.15) is 0 Å². The lowest BCUT2D eigenvalue weighted by atomic mass is 9.84. The highest BCUT2D eigenvalue weighted by molar-refractivity contribution is 5.43. The Kier molecular flexibility index (Phi) is 7.09. The van der Waals surface area contributed by atoms with Gasteiger partial charge in [-0.05, 0) is 53.8 Å². The highest BCUT2D eigenvalue weighted by Gasteiger charge is 2.37. The Bertz CT molecular complexity index is 1180. The van der Waals surface area contributed by atoms with Gasteiger partial charge in [0.25, 0.3) is 0 Å². The van der Waals surface area contributed by atoms with Gasteiger partial charge in [-0.15, -0.1) is 0 Å². The van der Waals surface area contributed by atoms with Crippen LogP contribution in [0.3, 0.4) is 0 Å². The van der Waals surface area contributed by atoms with Crippen LogP contribution in [0.15, 0.2) is 101 Å². The molecule has 1 atom stereocenters. The van der Waals surface area contributed by atoms with Crippen LogP contribution in [0.5, 0.6) is 0 Å². The van der Waals surface area contributed by atoms with E-state index in [2.05, 4.69) is 4.90 Å². The van der Waals surface area contributed by atoms with Crippen molar-refractivity contribution in [1.29, 1.82) is 0 Å². The quantitative estimate of drug-likeness (QED) is 0.331. The molecular formula is C30H30FNO3. The number of benzene rings is 3. The summed E-state index contributed by atoms with van der Waals surface area (Å²) in [5.74, 6) is 0.961. The van der Waals surface area contributed by atoms with Crippen molar-refractivity contribution in [2.45, 2.75) is 37.6 Å². The molecule has 1 N–H and O–H groups in total. The van der Waals surface area contributed by atoms with E-state index >= 15 is 0 Å². The number of hydrogen-bond donors (Lipinski definition) is 1. The predicted molar refractivity (Wildman–Crippen MR) is 133 cm³/mol. The second-order valence-corrected chi connectivity index (χ2v) is 9.14. The zero-order valence-corrected chi connectivity index (χ0v) is 19.6. The van der Waals surface area contributed by atoms with Crippen LogP contribution < -0.4 is 0 Å². The van der Waals surface area contributed by atoms with E-state index in [4.69, 9.17) is 9.15 Å². The SMILES string of the molecule is OC(c1ccccc1)(c1ccccc1)c1ccc(CN(Cc2cccc(F)c2)C[C@@H]2CCCO2)o1. The summed E-state index contributed by atoms with van der Waals surface area (Å²) >= 11 is 0. The molecule has 1 aliphatic rings. The Morgan fingerprint density at radius 2 is 1.57 bits per heavy atom. The molecule has 1 aliphatic heterocycles. The lowest BCUT2D eigenvalue weighted by molar-refractivity contribution is 0.0630. The molecule has 1 saturated heterocycles. The Hall–Kier alpha value is -3.25. The fraction of sp³-hybridized carbons (Fsp3) is 0.267. The number of furan rings is 1. The predicted octanol–water partition coefficient (Wildman–Crippen LogP) is 5.88. The van der Waals surface area contributed by atoms with Crippen LogP contribution in [0.25, 0.3) is 0 Å². The number of ether oxygens (including phenoxy) is 1. The molecule has 0 spiro atoms. The second-order valence-electron chi connectivity index (χ2n) is 9.14. The van der Waals surface area contributed by atoms with E-state index in [9.17, 15) is 9.50 Å². The molecule has 2 heterocycles. The minimum Gasteiger partial charge on any atom is -0.461 e. The van der Waals surface area contributed by atoms with E-state index in [1.54, 1.807) is 12.1 Å². The standard InChI is InChI=1S/C30H30FNO3/c31-26-14-7-9-23(19-26)20-32(21-27-15-8-18-34-27)22-28-16-17-29(35-28)30(33,24-10-3-1-4-11-24)25-12-5-2-6-13-25/h1-7,9-14,16-17,19,27,33H,8,15,18,20-22H2/t27-/m0/s1. The fourth-order valence-electron chi connectivity index (χ4n) is 4.84. The average Bonchev–Trinajstić information content (AvgIpc) is 3.57. The van der Waals surface area contributed by atoms with Gasteiger partial charge in [-0.25, -0.2) is 4.39 Å². The smallest absolute Gasteiger partial charge is 0.173 e. The lowest BCUT2D eigenvalue weighted by Crippen LogP contribution is -2.31. The van der Waals surface area contributed by atoms with E-state index in [1.807, 2.05) is 78.9 Å². The first kappa shape index (κ1) is 23.5. The van der Waals surface area contributed by atoms with Crippen molar-refractivity contribution in [2.75, 3.05) is 13.2 Å². The first-order chi connectivity index (χ1) is 17.1. The molecule has 0 aliphatic carbocycles. The zero-order chi connectivity index (χ0) is 24.1. The van der Waals surface area contributed by atoms with Gasteiger partial charge >= 0.3 is 0 Å². The van der Waals surface area contributed by atoms with Crippen LogP contribution in [-0.4, -0.2) is 29.3 Å². The molecule has 0 amide bonds. The van der Waals surface area contributed by atoms with Crippen LogP contribution in [-0.2, 0) is 23.4 Å². The first-order valence-corrected chi connectivity index (χ1v) is 12.1. The largest absolute Gasteiger partial charge is 0.461 e. The Balaban J connectivity index is 1.43. The molecule has 0 saturated carbocycles. The van der Waals surface area contributed by atoms with Crippen LogP contribution >= 0.6 is 0 Å². The summed E-state index contributed by atoms with van der Waals surface area (Å²) in [6.45, 7) is 2.62. The van der Waals surface area contributed by atoms with Crippen molar-refractivity contribution >= 4 is 0 Å². The van der Waals surface area contributed by atoms with Crippen LogP contribution in [0.1, 0.15) is 41.1 Å². The van der Waals surface area contributed by atoms with Gasteiger partial charge < -0.3 is 14.3 Å². The molecule has 0 bridgehead atoms. The summed E-state index contributed by atoms with van der Waals surface area (Å²) in [6.07, 6.45) is 2.23. The highest BCUT2D eigenvalue weighted by Crippen LogP contribution is 2.37. The van der Waals surface area contributed by atoms with Gasteiger partial charge in [0.15, 0.2) is 5.60 Å². The summed E-state index contributed by atoms with van der Waals surface area (Å²) in [4.78, 5) is 2.22. The van der Waals surface area contributed by atoms with Crippen molar-refractivity contribution in [1.82, 2.24) is 4.90 Å². The fourth-order valence-corrected chi connectivity index (χ4v) is 4.84. The maximum Gasteiger partial charge on any atom is 0.173 e. The molecule has 0 radical (unpaired) electrons. The molecular weight excluding hydrogens is 441 g/mol. The lowest BCUT2D eigenvalue weighted by Gasteiger charge is -2.28. The Morgan fingerprint density at radius 3 is 2.20 bits per heavy atom. The van der Waals surface area contributed by atoms with Crippen molar-refractivity contribution in [2.24, 2.45) is 0 Å². The first-order valence-electron chi connectivity index (χ1n) is 12.1. The van der Waals surface area contributed by atoms with E-state index < -0.39 is 5.60 Å². The number of nitrogens with zero attached hydrogens (tertiary/aromatic N) is 1. The maximum atomic E-state index is 13.8. The van der Waals surface area contributed by atoms with Gasteiger partial charge in [0, 0.05) is 19.7 Å². The summed E-state index contributed by atoms with van der Waals surface area (Å²) < 4.78 is 26.0. The van der Waals surface area contributed by atoms with Gasteiger partial charge in [-0.1, -0.05) is 72.8 Å². The van der Waals surface area contributed by atoms with Gasteiger partial charge in [0.2, 0.25) is 0 Å². The minimum atomic E-state index is -1.41. The minimum absolute atomic E-state index is 0.156. The number of hydrogen-bond acceptors (Lipinski definition) is 4. The van der Waals surface area contributed by atoms with E-state index in [-0.39, 0.29) is 11.9 Å². The summed E-state index contributed by atoms with van der Waals surface area (Å²) in [6, 6.07) is 29.6. The van der Waals surface area contributed by atoms with E-state index in [1.165, 1.54) is 6.07 Å². The van der Waals surface area contributed by atoms with Crippen molar-refractivity contribution in [3.8, 4) is 0 Å². The van der Waals surface area contributed by atoms with E-state index in [0.717, 1.165) is 48.4 Å². The summed E-state index contributed by atoms with van der Waals surface area (Å²) in [5.41, 5.74) is 0.967. The Morgan fingerprint density at radius 1 is 0.857 bits per heavy atom. The molecule has 1 aromatic heterocycles. The van der Waals surface area contributed by atoms with E-state index in [0.29, 0.717) is 18.8 Å².